The van der Waals surface area contributed by atoms with Gasteiger partial charge in [-0.1, -0.05) is 20.3 Å². The molecule has 1 aromatic rings. The van der Waals surface area contributed by atoms with E-state index in [-0.39, 0.29) is 15.7 Å². The Morgan fingerprint density at radius 2 is 2.22 bits per heavy atom. The summed E-state index contributed by atoms with van der Waals surface area (Å²) in [6.45, 7) is 4.17. The van der Waals surface area contributed by atoms with Crippen LogP contribution in [-0.2, 0) is 10.0 Å². The monoisotopic (exact) mass is 284 g/mol. The van der Waals surface area contributed by atoms with E-state index in [9.17, 15) is 8.42 Å². The second-order valence-corrected chi connectivity index (χ2v) is 8.31. The number of nitriles is 1. The van der Waals surface area contributed by atoms with Gasteiger partial charge in [-0.3, -0.25) is 0 Å². The minimum absolute atomic E-state index is 0.00237. The van der Waals surface area contributed by atoms with Crippen molar-refractivity contribution in [3.05, 3.63) is 17.0 Å². The number of rotatable bonds is 3. The van der Waals surface area contributed by atoms with Gasteiger partial charge in [0.1, 0.15) is 15.2 Å². The maximum atomic E-state index is 12.2. The number of sulfonamides is 1. The maximum Gasteiger partial charge on any atom is 0.250 e. The fourth-order valence-electron chi connectivity index (χ4n) is 2.32. The van der Waals surface area contributed by atoms with Crippen LogP contribution in [0.4, 0.5) is 0 Å². The molecule has 1 aliphatic carbocycles. The fourth-order valence-corrected chi connectivity index (χ4v) is 4.88. The molecule has 4 nitrogen and oxygen atoms in total. The molecule has 0 bridgehead atoms. The normalized spacial score (nSPS) is 22.8. The predicted octanol–water partition coefficient (Wildman–Crippen LogP) is 2.48. The summed E-state index contributed by atoms with van der Waals surface area (Å²) >= 11 is 1.01. The largest absolute Gasteiger partial charge is 0.250 e. The van der Waals surface area contributed by atoms with Crippen LogP contribution in [0.1, 0.15) is 38.0 Å². The molecule has 0 amide bonds. The second-order valence-electron chi connectivity index (χ2n) is 5.29. The van der Waals surface area contributed by atoms with Crippen molar-refractivity contribution in [3.63, 3.8) is 0 Å². The van der Waals surface area contributed by atoms with Crippen molar-refractivity contribution in [2.45, 2.75) is 43.4 Å². The highest BCUT2D eigenvalue weighted by Crippen LogP contribution is 2.38. The molecule has 1 saturated carbocycles. The molecule has 0 aliphatic heterocycles. The Balaban J connectivity index is 2.20. The summed E-state index contributed by atoms with van der Waals surface area (Å²) in [5.41, 5.74) is 0.00237. The molecule has 0 aromatic carbocycles. The van der Waals surface area contributed by atoms with Gasteiger partial charge in [0.25, 0.3) is 0 Å². The van der Waals surface area contributed by atoms with Crippen LogP contribution in [0.15, 0.2) is 16.3 Å². The Morgan fingerprint density at radius 3 is 2.72 bits per heavy atom. The van der Waals surface area contributed by atoms with E-state index in [2.05, 4.69) is 18.6 Å². The summed E-state index contributed by atoms with van der Waals surface area (Å²) in [7, 11) is -3.49. The van der Waals surface area contributed by atoms with Gasteiger partial charge in [0, 0.05) is 6.04 Å². The van der Waals surface area contributed by atoms with Gasteiger partial charge in [-0.15, -0.1) is 11.3 Å². The van der Waals surface area contributed by atoms with Gasteiger partial charge in [0.2, 0.25) is 10.0 Å². The van der Waals surface area contributed by atoms with Gasteiger partial charge >= 0.3 is 0 Å². The molecule has 1 fully saturated rings. The topological polar surface area (TPSA) is 70.0 Å². The SMILES string of the molecule is CC1(C)CCCC1NS(=O)(=O)c1ccc(C#N)s1. The van der Waals surface area contributed by atoms with E-state index in [1.54, 1.807) is 6.07 Å². The molecule has 1 aliphatic rings. The van der Waals surface area contributed by atoms with Crippen molar-refractivity contribution in [1.29, 1.82) is 5.26 Å². The Labute approximate surface area is 112 Å². The molecule has 0 radical (unpaired) electrons. The summed E-state index contributed by atoms with van der Waals surface area (Å²) < 4.78 is 27.4. The third kappa shape index (κ3) is 2.58. The molecule has 1 atom stereocenters. The third-order valence-corrected chi connectivity index (χ3v) is 6.46. The molecule has 2 rings (SSSR count). The Kier molecular flexibility index (Phi) is 3.49. The zero-order valence-electron chi connectivity index (χ0n) is 10.4. The van der Waals surface area contributed by atoms with Gasteiger partial charge < -0.3 is 0 Å². The van der Waals surface area contributed by atoms with Crippen molar-refractivity contribution in [2.24, 2.45) is 5.41 Å². The second kappa shape index (κ2) is 4.65. The molecule has 1 N–H and O–H groups in total. The summed E-state index contributed by atoms with van der Waals surface area (Å²) in [6.07, 6.45) is 2.96. The number of nitrogens with one attached hydrogen (secondary N) is 1. The lowest BCUT2D eigenvalue weighted by atomic mass is 9.88. The van der Waals surface area contributed by atoms with Gasteiger partial charge in [-0.05, 0) is 30.4 Å². The van der Waals surface area contributed by atoms with Gasteiger partial charge in [-0.25, -0.2) is 13.1 Å². The van der Waals surface area contributed by atoms with Crippen molar-refractivity contribution >= 4 is 21.4 Å². The molecule has 1 unspecified atom stereocenters. The Hall–Kier alpha value is -0.900. The van der Waals surface area contributed by atoms with Crippen molar-refractivity contribution in [1.82, 2.24) is 4.72 Å². The zero-order chi connectivity index (χ0) is 13.4. The molecule has 0 spiro atoms. The maximum absolute atomic E-state index is 12.2. The fraction of sp³-hybridized carbons (Fsp3) is 0.583. The lowest BCUT2D eigenvalue weighted by molar-refractivity contribution is 0.313. The van der Waals surface area contributed by atoms with E-state index in [0.717, 1.165) is 30.6 Å². The average Bonchev–Trinajstić information content (AvgIpc) is 2.86. The van der Waals surface area contributed by atoms with E-state index < -0.39 is 10.0 Å². The Morgan fingerprint density at radius 1 is 1.50 bits per heavy atom. The highest BCUT2D eigenvalue weighted by molar-refractivity contribution is 7.91. The number of thiophene rings is 1. The molecule has 1 aromatic heterocycles. The minimum atomic E-state index is -3.49. The standard InChI is InChI=1S/C12H16N2O2S2/c1-12(2)7-3-4-10(12)14-18(15,16)11-6-5-9(8-13)17-11/h5-6,10,14H,3-4,7H2,1-2H3. The van der Waals surface area contributed by atoms with Crippen LogP contribution in [0.2, 0.25) is 0 Å². The molecule has 6 heteroatoms. The number of hydrogen-bond acceptors (Lipinski definition) is 4. The van der Waals surface area contributed by atoms with Crippen molar-refractivity contribution in [3.8, 4) is 6.07 Å². The van der Waals surface area contributed by atoms with Crippen LogP contribution in [0.5, 0.6) is 0 Å². The first-order chi connectivity index (χ1) is 8.35. The quantitative estimate of drug-likeness (QED) is 0.927. The number of nitrogens with zero attached hydrogens (tertiary/aromatic N) is 1. The molecule has 18 heavy (non-hydrogen) atoms. The third-order valence-electron chi connectivity index (χ3n) is 3.51. The van der Waals surface area contributed by atoms with E-state index >= 15 is 0 Å². The summed E-state index contributed by atoms with van der Waals surface area (Å²) in [4.78, 5) is 0.418. The average molecular weight is 284 g/mol. The van der Waals surface area contributed by atoms with Crippen molar-refractivity contribution in [2.75, 3.05) is 0 Å². The minimum Gasteiger partial charge on any atom is -0.207 e. The Bertz CT molecular complexity index is 581. The highest BCUT2D eigenvalue weighted by Gasteiger charge is 2.37. The van der Waals surface area contributed by atoms with Crippen molar-refractivity contribution < 1.29 is 8.42 Å². The van der Waals surface area contributed by atoms with E-state index in [0.29, 0.717) is 4.88 Å². The van der Waals surface area contributed by atoms with Crippen LogP contribution in [-0.4, -0.2) is 14.5 Å². The molecule has 1 heterocycles. The van der Waals surface area contributed by atoms with E-state index in [1.165, 1.54) is 6.07 Å². The van der Waals surface area contributed by atoms with Gasteiger partial charge in [0.05, 0.1) is 0 Å². The lowest BCUT2D eigenvalue weighted by Crippen LogP contribution is -2.41. The first-order valence-electron chi connectivity index (χ1n) is 5.87. The van der Waals surface area contributed by atoms with E-state index in [1.807, 2.05) is 6.07 Å². The van der Waals surface area contributed by atoms with Crippen LogP contribution < -0.4 is 4.72 Å². The van der Waals surface area contributed by atoms with Crippen LogP contribution in [0.3, 0.4) is 0 Å². The summed E-state index contributed by atoms with van der Waals surface area (Å²) in [6, 6.07) is 4.97. The molecule has 0 saturated heterocycles. The first-order valence-corrected chi connectivity index (χ1v) is 8.17. The lowest BCUT2D eigenvalue weighted by Gasteiger charge is -2.27. The van der Waals surface area contributed by atoms with Gasteiger partial charge in [-0.2, -0.15) is 5.26 Å². The predicted molar refractivity (Wildman–Crippen MR) is 70.8 cm³/mol. The van der Waals surface area contributed by atoms with Gasteiger partial charge in [0.15, 0.2) is 0 Å². The van der Waals surface area contributed by atoms with Crippen LogP contribution in [0.25, 0.3) is 0 Å². The molecular formula is C12H16N2O2S2. The smallest absolute Gasteiger partial charge is 0.207 e. The molecular weight excluding hydrogens is 268 g/mol. The zero-order valence-corrected chi connectivity index (χ0v) is 12.1. The first kappa shape index (κ1) is 13.5. The molecule has 98 valence electrons. The number of hydrogen-bond donors (Lipinski definition) is 1. The highest BCUT2D eigenvalue weighted by atomic mass is 32.2. The summed E-state index contributed by atoms with van der Waals surface area (Å²) in [5, 5.41) is 8.73. The summed E-state index contributed by atoms with van der Waals surface area (Å²) in [5.74, 6) is 0. The van der Waals surface area contributed by atoms with Crippen LogP contribution >= 0.6 is 11.3 Å². The van der Waals surface area contributed by atoms with E-state index in [4.69, 9.17) is 5.26 Å². The van der Waals surface area contributed by atoms with Crippen LogP contribution in [0, 0.1) is 16.7 Å².